The van der Waals surface area contributed by atoms with Crippen LogP contribution < -0.4 is 10.6 Å². The summed E-state index contributed by atoms with van der Waals surface area (Å²) in [4.78, 5) is 12.5. The van der Waals surface area contributed by atoms with Crippen LogP contribution in [0.3, 0.4) is 0 Å². The van der Waals surface area contributed by atoms with E-state index < -0.39 is 0 Å². The third kappa shape index (κ3) is 9.77. The van der Waals surface area contributed by atoms with Crippen LogP contribution in [0.25, 0.3) is 0 Å². The monoisotopic (exact) mass is 382 g/mol. The fraction of sp³-hybridized carbons (Fsp3) is 0.952. The second-order valence-corrected chi connectivity index (χ2v) is 8.41. The highest BCUT2D eigenvalue weighted by atomic mass is 15.3. The van der Waals surface area contributed by atoms with Crippen LogP contribution in [-0.2, 0) is 0 Å². The van der Waals surface area contributed by atoms with Crippen LogP contribution in [0.4, 0.5) is 0 Å². The Bertz CT molecular complexity index is 393. The molecule has 1 rings (SSSR count). The topological polar surface area (TPSA) is 46.1 Å². The molecule has 160 valence electrons. The van der Waals surface area contributed by atoms with E-state index in [0.717, 1.165) is 38.7 Å². The minimum atomic E-state index is 0.569. The molecule has 1 atom stereocenters. The van der Waals surface area contributed by atoms with E-state index in [2.05, 4.69) is 73.8 Å². The van der Waals surface area contributed by atoms with Crippen LogP contribution in [0.2, 0.25) is 0 Å². The van der Waals surface area contributed by atoms with Gasteiger partial charge in [-0.1, -0.05) is 13.8 Å². The summed E-state index contributed by atoms with van der Waals surface area (Å²) >= 11 is 0. The molecule has 0 aliphatic carbocycles. The van der Waals surface area contributed by atoms with Gasteiger partial charge in [0, 0.05) is 71.0 Å². The number of hydrogen-bond donors (Lipinski definition) is 2. The predicted molar refractivity (Wildman–Crippen MR) is 119 cm³/mol. The van der Waals surface area contributed by atoms with Crippen LogP contribution in [0.15, 0.2) is 4.99 Å². The molecule has 1 unspecified atom stereocenters. The maximum Gasteiger partial charge on any atom is 0.191 e. The van der Waals surface area contributed by atoms with E-state index in [-0.39, 0.29) is 0 Å². The summed E-state index contributed by atoms with van der Waals surface area (Å²) in [6.45, 7) is 26.6. The Morgan fingerprint density at radius 3 is 2.04 bits per heavy atom. The fourth-order valence-corrected chi connectivity index (χ4v) is 3.79. The van der Waals surface area contributed by atoms with Gasteiger partial charge in [0.1, 0.15) is 0 Å². The van der Waals surface area contributed by atoms with Crippen molar-refractivity contribution >= 4 is 5.96 Å². The number of piperazine rings is 1. The Morgan fingerprint density at radius 1 is 0.926 bits per heavy atom. The first-order valence-electron chi connectivity index (χ1n) is 11.1. The first-order valence-corrected chi connectivity index (χ1v) is 11.1. The Kier molecular flexibility index (Phi) is 12.0. The molecule has 0 spiro atoms. The number of likely N-dealkylation sites (N-methyl/N-ethyl adjacent to an activating group) is 1. The van der Waals surface area contributed by atoms with Gasteiger partial charge in [-0.25, -0.2) is 0 Å². The van der Waals surface area contributed by atoms with Crippen molar-refractivity contribution in [2.24, 2.45) is 10.9 Å². The predicted octanol–water partition coefficient (Wildman–Crippen LogP) is 1.93. The molecule has 1 aliphatic heterocycles. The molecule has 6 heteroatoms. The van der Waals surface area contributed by atoms with E-state index >= 15 is 0 Å². The molecule has 1 saturated heterocycles. The molecule has 27 heavy (non-hydrogen) atoms. The summed E-state index contributed by atoms with van der Waals surface area (Å²) in [7, 11) is 0. The number of nitrogens with one attached hydrogen (secondary N) is 2. The zero-order chi connectivity index (χ0) is 20.2. The zero-order valence-electron chi connectivity index (χ0n) is 19.1. The highest BCUT2D eigenvalue weighted by Gasteiger charge is 2.17. The molecule has 0 aromatic rings. The SMILES string of the molecule is CCNC(=NCC(C)CN1CCN(CC)CC1)NCCN(C(C)C)C(C)C. The Balaban J connectivity index is 2.39. The van der Waals surface area contributed by atoms with Crippen LogP contribution in [0, 0.1) is 5.92 Å². The molecule has 1 aliphatic rings. The van der Waals surface area contributed by atoms with Crippen molar-refractivity contribution in [3.63, 3.8) is 0 Å². The molecule has 1 fully saturated rings. The molecule has 0 aromatic carbocycles. The van der Waals surface area contributed by atoms with Gasteiger partial charge in [0.2, 0.25) is 0 Å². The zero-order valence-corrected chi connectivity index (χ0v) is 19.1. The average molecular weight is 383 g/mol. The minimum Gasteiger partial charge on any atom is -0.357 e. The van der Waals surface area contributed by atoms with E-state index in [1.165, 1.54) is 32.7 Å². The van der Waals surface area contributed by atoms with E-state index in [4.69, 9.17) is 4.99 Å². The van der Waals surface area contributed by atoms with E-state index in [0.29, 0.717) is 18.0 Å². The van der Waals surface area contributed by atoms with Gasteiger partial charge in [0.05, 0.1) is 0 Å². The molecule has 1 heterocycles. The van der Waals surface area contributed by atoms with Gasteiger partial charge >= 0.3 is 0 Å². The van der Waals surface area contributed by atoms with Crippen LogP contribution in [0.5, 0.6) is 0 Å². The maximum absolute atomic E-state index is 4.84. The van der Waals surface area contributed by atoms with Crippen molar-refractivity contribution in [3.8, 4) is 0 Å². The van der Waals surface area contributed by atoms with Crippen molar-refractivity contribution in [2.45, 2.75) is 60.5 Å². The van der Waals surface area contributed by atoms with Gasteiger partial charge in [-0.3, -0.25) is 9.89 Å². The van der Waals surface area contributed by atoms with E-state index in [9.17, 15) is 0 Å². The van der Waals surface area contributed by atoms with Gasteiger partial charge in [-0.05, 0) is 47.1 Å². The highest BCUT2D eigenvalue weighted by Crippen LogP contribution is 2.06. The standard InChI is InChI=1S/C21H46N6/c1-8-22-21(23-10-11-27(18(3)4)19(5)6)24-16-20(7)17-26-14-12-25(9-2)13-15-26/h18-20H,8-17H2,1-7H3,(H2,22,23,24). The number of rotatable bonds is 11. The Morgan fingerprint density at radius 2 is 1.52 bits per heavy atom. The lowest BCUT2D eigenvalue weighted by atomic mass is 10.1. The summed E-state index contributed by atoms with van der Waals surface area (Å²) in [6.07, 6.45) is 0. The van der Waals surface area contributed by atoms with Gasteiger partial charge in [0.25, 0.3) is 0 Å². The third-order valence-corrected chi connectivity index (χ3v) is 5.38. The van der Waals surface area contributed by atoms with Crippen LogP contribution in [-0.4, -0.2) is 98.2 Å². The van der Waals surface area contributed by atoms with Crippen molar-refractivity contribution < 1.29 is 0 Å². The molecule has 0 aromatic heterocycles. The molecule has 6 nitrogen and oxygen atoms in total. The second kappa shape index (κ2) is 13.3. The maximum atomic E-state index is 4.84. The largest absolute Gasteiger partial charge is 0.357 e. The number of aliphatic imine (C=N–C) groups is 1. The second-order valence-electron chi connectivity index (χ2n) is 8.41. The molecule has 0 bridgehead atoms. The number of guanidine groups is 1. The van der Waals surface area contributed by atoms with Crippen molar-refractivity contribution in [3.05, 3.63) is 0 Å². The Labute approximate surface area is 168 Å². The third-order valence-electron chi connectivity index (χ3n) is 5.38. The molecule has 0 saturated carbocycles. The summed E-state index contributed by atoms with van der Waals surface area (Å²) < 4.78 is 0. The molecule has 0 amide bonds. The summed E-state index contributed by atoms with van der Waals surface area (Å²) in [5, 5.41) is 6.90. The van der Waals surface area contributed by atoms with E-state index in [1.54, 1.807) is 0 Å². The number of hydrogen-bond acceptors (Lipinski definition) is 4. The number of nitrogens with zero attached hydrogens (tertiary/aromatic N) is 4. The lowest BCUT2D eigenvalue weighted by Gasteiger charge is -2.35. The van der Waals surface area contributed by atoms with Crippen LogP contribution in [0.1, 0.15) is 48.5 Å². The normalized spacial score (nSPS) is 18.5. The van der Waals surface area contributed by atoms with Gasteiger partial charge in [-0.15, -0.1) is 0 Å². The van der Waals surface area contributed by atoms with Gasteiger partial charge in [0.15, 0.2) is 5.96 Å². The molecule has 2 N–H and O–H groups in total. The molecular weight excluding hydrogens is 336 g/mol. The summed E-state index contributed by atoms with van der Waals surface area (Å²) in [6, 6.07) is 1.14. The quantitative estimate of drug-likeness (QED) is 0.422. The minimum absolute atomic E-state index is 0.569. The smallest absolute Gasteiger partial charge is 0.191 e. The Hall–Kier alpha value is -0.850. The van der Waals surface area contributed by atoms with Crippen LogP contribution >= 0.6 is 0 Å². The summed E-state index contributed by atoms with van der Waals surface area (Å²) in [5.74, 6) is 1.53. The summed E-state index contributed by atoms with van der Waals surface area (Å²) in [5.41, 5.74) is 0. The van der Waals surface area contributed by atoms with Crippen molar-refractivity contribution in [1.82, 2.24) is 25.3 Å². The lowest BCUT2D eigenvalue weighted by Crippen LogP contribution is -2.47. The lowest BCUT2D eigenvalue weighted by molar-refractivity contribution is 0.125. The van der Waals surface area contributed by atoms with E-state index in [1.807, 2.05) is 0 Å². The first-order chi connectivity index (χ1) is 12.9. The average Bonchev–Trinajstić information content (AvgIpc) is 2.63. The highest BCUT2D eigenvalue weighted by molar-refractivity contribution is 5.79. The van der Waals surface area contributed by atoms with Gasteiger partial charge < -0.3 is 20.4 Å². The van der Waals surface area contributed by atoms with Crippen molar-refractivity contribution in [2.75, 3.05) is 65.4 Å². The first kappa shape index (κ1) is 24.2. The van der Waals surface area contributed by atoms with Gasteiger partial charge in [-0.2, -0.15) is 0 Å². The molecule has 0 radical (unpaired) electrons. The fourth-order valence-electron chi connectivity index (χ4n) is 3.79. The molecular formula is C21H46N6. The van der Waals surface area contributed by atoms with Crippen molar-refractivity contribution in [1.29, 1.82) is 0 Å².